The average molecular weight is 303 g/mol. The fourth-order valence-corrected chi connectivity index (χ4v) is 2.38. The van der Waals surface area contributed by atoms with Crippen molar-refractivity contribution in [3.8, 4) is 22.9 Å². The SMILES string of the molecule is CC=CC(=CC)COc1ccc(-c2ccc(C#N)cc2)c(C)c1. The Bertz CT molecular complexity index is 761. The Kier molecular flexibility index (Phi) is 5.77. The molecule has 0 saturated heterocycles. The highest BCUT2D eigenvalue weighted by atomic mass is 16.5. The van der Waals surface area contributed by atoms with Gasteiger partial charge in [-0.3, -0.25) is 0 Å². The molecule has 0 heterocycles. The van der Waals surface area contributed by atoms with Crippen LogP contribution < -0.4 is 4.74 Å². The monoisotopic (exact) mass is 303 g/mol. The summed E-state index contributed by atoms with van der Waals surface area (Å²) in [7, 11) is 0. The van der Waals surface area contributed by atoms with Gasteiger partial charge >= 0.3 is 0 Å². The van der Waals surface area contributed by atoms with Crippen molar-refractivity contribution < 1.29 is 4.74 Å². The third-order valence-corrected chi connectivity index (χ3v) is 3.68. The molecule has 0 atom stereocenters. The van der Waals surface area contributed by atoms with E-state index in [9.17, 15) is 0 Å². The maximum absolute atomic E-state index is 8.88. The number of allylic oxidation sites excluding steroid dienone is 2. The Morgan fingerprint density at radius 2 is 1.87 bits per heavy atom. The summed E-state index contributed by atoms with van der Waals surface area (Å²) >= 11 is 0. The van der Waals surface area contributed by atoms with Gasteiger partial charge in [0.2, 0.25) is 0 Å². The molecule has 23 heavy (non-hydrogen) atoms. The number of aryl methyl sites for hydroxylation is 1. The molecule has 2 rings (SSSR count). The van der Waals surface area contributed by atoms with E-state index in [2.05, 4.69) is 37.3 Å². The first-order valence-electron chi connectivity index (χ1n) is 7.69. The van der Waals surface area contributed by atoms with E-state index in [4.69, 9.17) is 10.00 Å². The molecular weight excluding hydrogens is 282 g/mol. The normalized spacial score (nSPS) is 11.5. The lowest BCUT2D eigenvalue weighted by Crippen LogP contribution is -1.99. The molecule has 0 N–H and O–H groups in total. The van der Waals surface area contributed by atoms with Gasteiger partial charge in [0.1, 0.15) is 12.4 Å². The zero-order valence-electron chi connectivity index (χ0n) is 13.8. The second-order valence-electron chi connectivity index (χ2n) is 5.32. The number of benzene rings is 2. The maximum atomic E-state index is 8.88. The van der Waals surface area contributed by atoms with Crippen molar-refractivity contribution in [3.63, 3.8) is 0 Å². The van der Waals surface area contributed by atoms with Crippen molar-refractivity contribution in [2.75, 3.05) is 6.61 Å². The van der Waals surface area contributed by atoms with Gasteiger partial charge in [0.25, 0.3) is 0 Å². The van der Waals surface area contributed by atoms with E-state index >= 15 is 0 Å². The summed E-state index contributed by atoms with van der Waals surface area (Å²) in [5.74, 6) is 0.865. The molecule has 0 fully saturated rings. The Morgan fingerprint density at radius 1 is 1.13 bits per heavy atom. The lowest BCUT2D eigenvalue weighted by atomic mass is 9.99. The Labute approximate surface area is 138 Å². The number of nitriles is 1. The van der Waals surface area contributed by atoms with Gasteiger partial charge in [-0.05, 0) is 67.3 Å². The van der Waals surface area contributed by atoms with Crippen LogP contribution in [0.25, 0.3) is 11.1 Å². The van der Waals surface area contributed by atoms with E-state index in [0.717, 1.165) is 28.0 Å². The molecule has 2 nitrogen and oxygen atoms in total. The molecule has 0 aliphatic rings. The van der Waals surface area contributed by atoms with E-state index in [-0.39, 0.29) is 0 Å². The Morgan fingerprint density at radius 3 is 2.43 bits per heavy atom. The largest absolute Gasteiger partial charge is 0.489 e. The van der Waals surface area contributed by atoms with Crippen molar-refractivity contribution in [2.24, 2.45) is 0 Å². The van der Waals surface area contributed by atoms with Crippen LogP contribution in [0.5, 0.6) is 5.75 Å². The van der Waals surface area contributed by atoms with Gasteiger partial charge in [0.15, 0.2) is 0 Å². The van der Waals surface area contributed by atoms with Crippen LogP contribution >= 0.6 is 0 Å². The van der Waals surface area contributed by atoms with Crippen molar-refractivity contribution >= 4 is 0 Å². The molecule has 0 aromatic heterocycles. The third kappa shape index (κ3) is 4.34. The van der Waals surface area contributed by atoms with E-state index < -0.39 is 0 Å². The minimum atomic E-state index is 0.566. The molecule has 2 aromatic rings. The fourth-order valence-electron chi connectivity index (χ4n) is 2.38. The number of ether oxygens (including phenoxy) is 1. The van der Waals surface area contributed by atoms with Crippen LogP contribution in [0, 0.1) is 18.3 Å². The van der Waals surface area contributed by atoms with Crippen LogP contribution in [0.3, 0.4) is 0 Å². The minimum Gasteiger partial charge on any atom is -0.489 e. The molecule has 0 aliphatic heterocycles. The Hall–Kier alpha value is -2.79. The highest BCUT2D eigenvalue weighted by molar-refractivity contribution is 5.68. The smallest absolute Gasteiger partial charge is 0.120 e. The van der Waals surface area contributed by atoms with Gasteiger partial charge < -0.3 is 4.74 Å². The number of hydrogen-bond acceptors (Lipinski definition) is 2. The van der Waals surface area contributed by atoms with Gasteiger partial charge in [-0.15, -0.1) is 0 Å². The first-order valence-corrected chi connectivity index (χ1v) is 7.69. The summed E-state index contributed by atoms with van der Waals surface area (Å²) in [6, 6.07) is 15.9. The van der Waals surface area contributed by atoms with Crippen LogP contribution in [-0.4, -0.2) is 6.61 Å². The molecule has 116 valence electrons. The quantitative estimate of drug-likeness (QED) is 0.689. The molecule has 0 saturated carbocycles. The molecule has 0 amide bonds. The molecule has 2 aromatic carbocycles. The van der Waals surface area contributed by atoms with Gasteiger partial charge in [-0.1, -0.05) is 36.4 Å². The second kappa shape index (κ2) is 8.00. The standard InChI is InChI=1S/C21H21NO/c1-4-6-17(5-2)15-23-20-11-12-21(16(3)13-20)19-9-7-18(14-22)8-10-19/h4-13H,15H2,1-3H3. The second-order valence-corrected chi connectivity index (χ2v) is 5.32. The number of nitrogens with zero attached hydrogens (tertiary/aromatic N) is 1. The first kappa shape index (κ1) is 16.6. The van der Waals surface area contributed by atoms with Crippen molar-refractivity contribution in [1.29, 1.82) is 5.26 Å². The van der Waals surface area contributed by atoms with Gasteiger partial charge in [-0.25, -0.2) is 0 Å². The average Bonchev–Trinajstić information content (AvgIpc) is 2.59. The lowest BCUT2D eigenvalue weighted by molar-refractivity contribution is 0.355. The lowest BCUT2D eigenvalue weighted by Gasteiger charge is -2.11. The summed E-state index contributed by atoms with van der Waals surface area (Å²) in [5.41, 5.74) is 5.24. The summed E-state index contributed by atoms with van der Waals surface area (Å²) < 4.78 is 5.86. The predicted molar refractivity (Wildman–Crippen MR) is 95.4 cm³/mol. The van der Waals surface area contributed by atoms with E-state index in [1.54, 1.807) is 0 Å². The fraction of sp³-hybridized carbons (Fsp3) is 0.190. The summed E-state index contributed by atoms with van der Waals surface area (Å²) in [6.45, 7) is 6.65. The van der Waals surface area contributed by atoms with Crippen LogP contribution in [0.1, 0.15) is 25.0 Å². The predicted octanol–water partition coefficient (Wildman–Crippen LogP) is 5.43. The van der Waals surface area contributed by atoms with Crippen LogP contribution in [0.2, 0.25) is 0 Å². The van der Waals surface area contributed by atoms with Crippen LogP contribution in [-0.2, 0) is 0 Å². The number of rotatable bonds is 5. The van der Waals surface area contributed by atoms with Crippen LogP contribution in [0.4, 0.5) is 0 Å². The number of hydrogen-bond donors (Lipinski definition) is 0. The van der Waals surface area contributed by atoms with Gasteiger partial charge in [0.05, 0.1) is 11.6 Å². The molecule has 0 spiro atoms. The summed E-state index contributed by atoms with van der Waals surface area (Å²) in [5, 5.41) is 8.88. The summed E-state index contributed by atoms with van der Waals surface area (Å²) in [6.07, 6.45) is 6.12. The van der Waals surface area contributed by atoms with Crippen molar-refractivity contribution in [2.45, 2.75) is 20.8 Å². The summed E-state index contributed by atoms with van der Waals surface area (Å²) in [4.78, 5) is 0. The molecular formula is C21H21NO. The van der Waals surface area contributed by atoms with Crippen molar-refractivity contribution in [1.82, 2.24) is 0 Å². The molecule has 0 aliphatic carbocycles. The Balaban J connectivity index is 2.15. The maximum Gasteiger partial charge on any atom is 0.120 e. The van der Waals surface area contributed by atoms with Gasteiger partial charge in [-0.2, -0.15) is 5.26 Å². The zero-order chi connectivity index (χ0) is 16.7. The molecule has 2 heteroatoms. The minimum absolute atomic E-state index is 0.566. The molecule has 0 radical (unpaired) electrons. The molecule has 0 unspecified atom stereocenters. The third-order valence-electron chi connectivity index (χ3n) is 3.68. The molecule has 0 bridgehead atoms. The van der Waals surface area contributed by atoms with Gasteiger partial charge in [0, 0.05) is 0 Å². The van der Waals surface area contributed by atoms with Crippen molar-refractivity contribution in [3.05, 3.63) is 77.4 Å². The van der Waals surface area contributed by atoms with E-state index in [0.29, 0.717) is 12.2 Å². The first-order chi connectivity index (χ1) is 11.2. The van der Waals surface area contributed by atoms with Crippen LogP contribution in [0.15, 0.2) is 66.3 Å². The highest BCUT2D eigenvalue weighted by Crippen LogP contribution is 2.27. The zero-order valence-corrected chi connectivity index (χ0v) is 13.8. The van der Waals surface area contributed by atoms with E-state index in [1.165, 1.54) is 0 Å². The topological polar surface area (TPSA) is 33.0 Å². The highest BCUT2D eigenvalue weighted by Gasteiger charge is 2.04. The van der Waals surface area contributed by atoms with E-state index in [1.807, 2.05) is 50.3 Å².